The largest absolute Gasteiger partial charge is 0.697 e. The van der Waals surface area contributed by atoms with Crippen molar-refractivity contribution in [1.29, 1.82) is 5.26 Å². The molecule has 2 aromatic heterocycles. The van der Waals surface area contributed by atoms with Crippen molar-refractivity contribution in [2.45, 2.75) is 141 Å². The van der Waals surface area contributed by atoms with E-state index < -0.39 is 39.3 Å². The topological polar surface area (TPSA) is 184 Å². The van der Waals surface area contributed by atoms with Gasteiger partial charge in [-0.3, -0.25) is 0 Å². The molecule has 0 radical (unpaired) electrons. The lowest BCUT2D eigenvalue weighted by molar-refractivity contribution is -0.0783. The fourth-order valence-corrected chi connectivity index (χ4v) is 6.69. The standard InChI is InChI=1S/C39H61N5O8P/c1-2-3-4-5-6-7-8-9-10-11-12-13-14-15-16-20-25-48-27-33(49-26-32-21-18-17-19-22-32)28-51-53(47)52-29-36(50-30-40)38(46)37(45)34-23-24-35-39(41)42-31-43-44(34)35/h17-19,21-24,31,33,36-38,45-46H,2-16,20,25-29H2,1H3,(H2,41,42,43)/q+1/t33-,36-,37+,38-/m1/s1. The van der Waals surface area contributed by atoms with Crippen LogP contribution in [0.5, 0.6) is 0 Å². The van der Waals surface area contributed by atoms with Gasteiger partial charge in [0.1, 0.15) is 43.4 Å². The molecular formula is C39H61N5O8P+. The second-order valence-electron chi connectivity index (χ2n) is 13.5. The Kier molecular flexibility index (Phi) is 22.8. The van der Waals surface area contributed by atoms with Gasteiger partial charge in [-0.2, -0.15) is 10.4 Å². The van der Waals surface area contributed by atoms with Crippen LogP contribution in [0.15, 0.2) is 48.8 Å². The van der Waals surface area contributed by atoms with E-state index in [9.17, 15) is 14.8 Å². The van der Waals surface area contributed by atoms with Gasteiger partial charge in [-0.25, -0.2) is 9.50 Å². The van der Waals surface area contributed by atoms with Gasteiger partial charge in [0, 0.05) is 11.2 Å². The average molecular weight is 759 g/mol. The molecule has 53 heavy (non-hydrogen) atoms. The Hall–Kier alpha value is -3.21. The summed E-state index contributed by atoms with van der Waals surface area (Å²) in [5, 5.41) is 34.9. The maximum Gasteiger partial charge on any atom is 0.697 e. The van der Waals surface area contributed by atoms with E-state index in [0.717, 1.165) is 18.4 Å². The number of nitrogens with zero attached hydrogens (tertiary/aromatic N) is 4. The summed E-state index contributed by atoms with van der Waals surface area (Å²) < 4.78 is 41.7. The lowest BCUT2D eigenvalue weighted by atomic mass is 10.0. The maximum atomic E-state index is 12.7. The number of fused-ring (bicyclic) bond motifs is 1. The Balaban J connectivity index is 1.32. The van der Waals surface area contributed by atoms with Gasteiger partial charge in [0.05, 0.1) is 18.9 Å². The molecule has 0 aliphatic carbocycles. The van der Waals surface area contributed by atoms with Gasteiger partial charge in [0.2, 0.25) is 0 Å². The zero-order chi connectivity index (χ0) is 37.9. The van der Waals surface area contributed by atoms with Gasteiger partial charge in [0.25, 0.3) is 6.26 Å². The van der Waals surface area contributed by atoms with Crippen LogP contribution < -0.4 is 5.73 Å². The van der Waals surface area contributed by atoms with Crippen LogP contribution in [0.3, 0.4) is 0 Å². The predicted molar refractivity (Wildman–Crippen MR) is 204 cm³/mol. The number of hydrogen-bond donors (Lipinski definition) is 3. The first kappa shape index (κ1) is 44.2. The van der Waals surface area contributed by atoms with E-state index in [1.165, 1.54) is 113 Å². The van der Waals surface area contributed by atoms with E-state index in [1.807, 2.05) is 30.3 Å². The van der Waals surface area contributed by atoms with Gasteiger partial charge in [-0.05, 0) is 24.1 Å². The highest BCUT2D eigenvalue weighted by Crippen LogP contribution is 2.28. The molecule has 0 spiro atoms. The minimum atomic E-state index is -2.69. The second-order valence-corrected chi connectivity index (χ2v) is 14.5. The lowest BCUT2D eigenvalue weighted by Gasteiger charge is -2.22. The van der Waals surface area contributed by atoms with Crippen LogP contribution in [0.25, 0.3) is 5.52 Å². The SMILES string of the molecule is CCCCCCCCCCCCCCCCCCOC[C@H](CO[P+](=O)OC[C@@H](OC#N)[C@@H](O)[C@@H](O)c1ccc2c(N)ncnn12)OCc1ccccc1. The number of anilines is 1. The van der Waals surface area contributed by atoms with Gasteiger partial charge >= 0.3 is 8.25 Å². The molecule has 3 aromatic rings. The zero-order valence-corrected chi connectivity index (χ0v) is 32.3. The first-order chi connectivity index (χ1) is 25.9. The molecule has 0 aliphatic rings. The fraction of sp³-hybridized carbons (Fsp3) is 0.667. The number of nitrogens with two attached hydrogens (primary N) is 1. The molecule has 1 aromatic carbocycles. The van der Waals surface area contributed by atoms with Crippen molar-refractivity contribution in [3.8, 4) is 6.26 Å². The number of ether oxygens (including phenoxy) is 3. The van der Waals surface area contributed by atoms with Crippen molar-refractivity contribution in [1.82, 2.24) is 14.6 Å². The molecule has 294 valence electrons. The minimum Gasteiger partial charge on any atom is -0.419 e. The summed E-state index contributed by atoms with van der Waals surface area (Å²) in [4.78, 5) is 3.90. The van der Waals surface area contributed by atoms with E-state index >= 15 is 0 Å². The Morgan fingerprint density at radius 1 is 0.830 bits per heavy atom. The summed E-state index contributed by atoms with van der Waals surface area (Å²) in [6.45, 7) is 2.85. The summed E-state index contributed by atoms with van der Waals surface area (Å²) in [6, 6.07) is 12.8. The monoisotopic (exact) mass is 758 g/mol. The maximum absolute atomic E-state index is 12.7. The zero-order valence-electron chi connectivity index (χ0n) is 31.4. The summed E-state index contributed by atoms with van der Waals surface area (Å²) in [6.07, 6.45) is 18.5. The Labute approximate surface area is 316 Å². The third kappa shape index (κ3) is 17.7. The number of nitrogen functional groups attached to an aromatic ring is 1. The van der Waals surface area contributed by atoms with Gasteiger partial charge in [-0.1, -0.05) is 134 Å². The summed E-state index contributed by atoms with van der Waals surface area (Å²) in [5.74, 6) is 0.187. The van der Waals surface area contributed by atoms with Gasteiger partial charge in [0.15, 0.2) is 11.9 Å². The van der Waals surface area contributed by atoms with Crippen LogP contribution in [0, 0.1) is 11.5 Å². The number of benzene rings is 1. The molecule has 2 heterocycles. The van der Waals surface area contributed by atoms with E-state index in [1.54, 1.807) is 6.07 Å². The molecule has 1 unspecified atom stereocenters. The van der Waals surface area contributed by atoms with E-state index in [2.05, 4.69) is 17.0 Å². The molecule has 0 bridgehead atoms. The fourth-order valence-electron chi connectivity index (χ4n) is 6.06. The first-order valence-electron chi connectivity index (χ1n) is 19.4. The smallest absolute Gasteiger partial charge is 0.419 e. The van der Waals surface area contributed by atoms with Crippen LogP contribution >= 0.6 is 8.25 Å². The van der Waals surface area contributed by atoms with Gasteiger partial charge in [-0.15, -0.1) is 9.05 Å². The first-order valence-corrected chi connectivity index (χ1v) is 20.5. The second kappa shape index (κ2) is 27.4. The van der Waals surface area contributed by atoms with E-state index in [4.69, 9.17) is 34.3 Å². The molecule has 5 atom stereocenters. The van der Waals surface area contributed by atoms with Crippen molar-refractivity contribution >= 4 is 19.6 Å². The van der Waals surface area contributed by atoms with Crippen LogP contribution in [0.2, 0.25) is 0 Å². The van der Waals surface area contributed by atoms with E-state index in [-0.39, 0.29) is 24.7 Å². The highest BCUT2D eigenvalue weighted by molar-refractivity contribution is 7.33. The highest BCUT2D eigenvalue weighted by Gasteiger charge is 2.35. The molecule has 0 fully saturated rings. The molecule has 0 amide bonds. The summed E-state index contributed by atoms with van der Waals surface area (Å²) >= 11 is 0. The number of aliphatic hydroxyl groups is 2. The number of rotatable bonds is 32. The molecule has 4 N–H and O–H groups in total. The van der Waals surface area contributed by atoms with E-state index in [0.29, 0.717) is 18.7 Å². The van der Waals surface area contributed by atoms with Crippen LogP contribution in [-0.2, 0) is 34.4 Å². The van der Waals surface area contributed by atoms with Crippen LogP contribution in [0.1, 0.15) is 127 Å². The normalized spacial score (nSPS) is 14.1. The van der Waals surface area contributed by atoms with Crippen LogP contribution in [0.4, 0.5) is 5.82 Å². The summed E-state index contributed by atoms with van der Waals surface area (Å²) in [7, 11) is -2.69. The van der Waals surface area contributed by atoms with Crippen LogP contribution in [-0.4, -0.2) is 69.6 Å². The Morgan fingerprint density at radius 2 is 1.43 bits per heavy atom. The number of hydrogen-bond acceptors (Lipinski definition) is 12. The number of aromatic nitrogens is 3. The van der Waals surface area contributed by atoms with Crippen molar-refractivity contribution in [2.24, 2.45) is 0 Å². The van der Waals surface area contributed by atoms with Gasteiger partial charge < -0.3 is 30.2 Å². The number of nitriles is 1. The molecule has 14 heteroatoms. The average Bonchev–Trinajstić information content (AvgIpc) is 3.62. The molecule has 0 aliphatic heterocycles. The Bertz CT molecular complexity index is 1440. The van der Waals surface area contributed by atoms with Crippen molar-refractivity contribution in [3.05, 3.63) is 60.0 Å². The summed E-state index contributed by atoms with van der Waals surface area (Å²) in [5.41, 5.74) is 7.45. The lowest BCUT2D eigenvalue weighted by Crippen LogP contribution is -2.37. The molecule has 0 saturated heterocycles. The third-order valence-corrected chi connectivity index (χ3v) is 9.93. The molecule has 0 saturated carbocycles. The number of aliphatic hydroxyl groups excluding tert-OH is 2. The molecular weight excluding hydrogens is 697 g/mol. The number of unbranched alkanes of at least 4 members (excludes halogenated alkanes) is 15. The molecule has 3 rings (SSSR count). The minimum absolute atomic E-state index is 0.0762. The Morgan fingerprint density at radius 3 is 2.06 bits per heavy atom. The van der Waals surface area contributed by atoms with Crippen molar-refractivity contribution < 1.29 is 38.0 Å². The quantitative estimate of drug-likeness (QED) is 0.0316. The van der Waals surface area contributed by atoms with Crippen molar-refractivity contribution in [2.75, 3.05) is 32.2 Å². The van der Waals surface area contributed by atoms with Crippen molar-refractivity contribution in [3.63, 3.8) is 0 Å². The predicted octanol–water partition coefficient (Wildman–Crippen LogP) is 8.13. The third-order valence-electron chi connectivity index (χ3n) is 9.21. The molecule has 13 nitrogen and oxygen atoms in total. The highest BCUT2D eigenvalue weighted by atomic mass is 31.1.